The molecule has 3 rings (SSSR count). The van der Waals surface area contributed by atoms with Crippen molar-refractivity contribution in [1.82, 2.24) is 0 Å². The van der Waals surface area contributed by atoms with Crippen LogP contribution in [0.4, 0.5) is 58.4 Å². The minimum absolute atomic E-state index is 0.0339. The number of hydrogen-bond donors (Lipinski definition) is 1. The maximum Gasteiger partial charge on any atom is 0.435 e. The highest BCUT2D eigenvalue weighted by Crippen LogP contribution is 2.54. The number of halogens is 12. The molecule has 0 aliphatic carbocycles. The smallest absolute Gasteiger partial charge is 0.435 e. The van der Waals surface area contributed by atoms with Crippen molar-refractivity contribution in [2.24, 2.45) is 0 Å². The molecule has 0 atom stereocenters. The van der Waals surface area contributed by atoms with Crippen LogP contribution < -0.4 is 10.1 Å². The van der Waals surface area contributed by atoms with Gasteiger partial charge in [-0.25, -0.2) is 17.6 Å². The molecule has 3 aromatic carbocycles. The Hall–Kier alpha value is -4.24. The number of Topliss-reactive ketones (excluding diaryl/α,β-unsaturated/α-hetero) is 1. The second kappa shape index (κ2) is 11.6. The van der Waals surface area contributed by atoms with Crippen LogP contribution in [0.15, 0.2) is 48.5 Å². The monoisotopic (exact) mass is 617 g/mol. The predicted molar refractivity (Wildman–Crippen MR) is 121 cm³/mol. The Morgan fingerprint density at radius 3 is 2.02 bits per heavy atom. The first-order chi connectivity index (χ1) is 19.3. The third kappa shape index (κ3) is 6.31. The van der Waals surface area contributed by atoms with E-state index >= 15 is 4.39 Å². The molecule has 0 unspecified atom stereocenters. The van der Waals surface area contributed by atoms with E-state index in [0.29, 0.717) is 6.07 Å². The van der Waals surface area contributed by atoms with Gasteiger partial charge in [-0.05, 0) is 42.8 Å². The minimum Gasteiger partial charge on any atom is -0.435 e. The third-order valence-corrected chi connectivity index (χ3v) is 5.89. The van der Waals surface area contributed by atoms with Gasteiger partial charge in [0, 0.05) is 23.6 Å². The van der Waals surface area contributed by atoms with Gasteiger partial charge in [-0.15, -0.1) is 0 Å². The van der Waals surface area contributed by atoms with Crippen LogP contribution in [0.5, 0.6) is 5.75 Å². The molecule has 4 nitrogen and oxygen atoms in total. The molecule has 0 aliphatic heterocycles. The topological polar surface area (TPSA) is 55.4 Å². The number of anilines is 1. The number of nitrogens with one attached hydrogen (secondary N) is 1. The van der Waals surface area contributed by atoms with Crippen LogP contribution in [0.25, 0.3) is 0 Å². The quantitative estimate of drug-likeness (QED) is 0.206. The SMILES string of the molecule is Cc1cc(C(F)(C(F)(F)F)C(F)(F)F)cc(OC(F)F)c1CC(=O)c1cccc(NC(=O)c2ccc(F)cc2F)c1F. The van der Waals surface area contributed by atoms with E-state index in [2.05, 4.69) is 4.74 Å². The Morgan fingerprint density at radius 1 is 0.857 bits per heavy atom. The standard InChI is InChI=1S/C26H15F12NO3/c1-11-7-12(24(32,25(33,34)35)26(36,37)38)8-20(42-23(30)31)16(11)10-19(40)15-3-2-4-18(21(15)29)39-22(41)14-6-5-13(27)9-17(14)28/h2-9,23H,10H2,1H3,(H,39,41). The van der Waals surface area contributed by atoms with Gasteiger partial charge in [0.25, 0.3) is 5.91 Å². The summed E-state index contributed by atoms with van der Waals surface area (Å²) in [5, 5.41) is 1.94. The molecule has 0 aliphatic rings. The highest BCUT2D eigenvalue weighted by Gasteiger charge is 2.73. The number of ketones is 1. The molecule has 1 amide bonds. The van der Waals surface area contributed by atoms with Crippen molar-refractivity contribution >= 4 is 17.4 Å². The molecular formula is C26H15F12NO3. The van der Waals surface area contributed by atoms with Gasteiger partial charge in [0.15, 0.2) is 11.6 Å². The van der Waals surface area contributed by atoms with E-state index in [0.717, 1.165) is 37.3 Å². The zero-order valence-electron chi connectivity index (χ0n) is 20.7. The molecule has 0 saturated carbocycles. The normalized spacial score (nSPS) is 12.4. The van der Waals surface area contributed by atoms with E-state index < -0.39 is 99.4 Å². The summed E-state index contributed by atoms with van der Waals surface area (Å²) in [6.45, 7) is -3.07. The van der Waals surface area contributed by atoms with Gasteiger partial charge in [0.1, 0.15) is 17.4 Å². The van der Waals surface area contributed by atoms with Crippen LogP contribution in [-0.4, -0.2) is 30.7 Å². The molecule has 42 heavy (non-hydrogen) atoms. The lowest BCUT2D eigenvalue weighted by Gasteiger charge is -2.31. The van der Waals surface area contributed by atoms with E-state index in [9.17, 15) is 57.9 Å². The maximum absolute atomic E-state index is 15.1. The number of hydrogen-bond acceptors (Lipinski definition) is 3. The van der Waals surface area contributed by atoms with E-state index in [4.69, 9.17) is 0 Å². The van der Waals surface area contributed by atoms with Crippen LogP contribution >= 0.6 is 0 Å². The van der Waals surface area contributed by atoms with Gasteiger partial charge in [-0.1, -0.05) is 12.1 Å². The summed E-state index contributed by atoms with van der Waals surface area (Å²) in [6.07, 6.45) is -14.3. The Morgan fingerprint density at radius 2 is 1.48 bits per heavy atom. The highest BCUT2D eigenvalue weighted by molar-refractivity contribution is 6.06. The summed E-state index contributed by atoms with van der Waals surface area (Å²) >= 11 is 0. The predicted octanol–water partition coefficient (Wildman–Crippen LogP) is 7.98. The molecular weight excluding hydrogens is 602 g/mol. The summed E-state index contributed by atoms with van der Waals surface area (Å²) in [4.78, 5) is 25.2. The Balaban J connectivity index is 2.01. The van der Waals surface area contributed by atoms with Crippen molar-refractivity contribution in [3.05, 3.63) is 93.8 Å². The van der Waals surface area contributed by atoms with Crippen LogP contribution in [0.2, 0.25) is 0 Å². The van der Waals surface area contributed by atoms with Gasteiger partial charge in [0.2, 0.25) is 0 Å². The molecule has 0 aromatic heterocycles. The molecule has 226 valence electrons. The summed E-state index contributed by atoms with van der Waals surface area (Å²) in [5.74, 6) is -7.74. The van der Waals surface area contributed by atoms with Crippen molar-refractivity contribution in [2.75, 3.05) is 5.32 Å². The van der Waals surface area contributed by atoms with E-state index in [-0.39, 0.29) is 12.1 Å². The number of carbonyl (C=O) groups is 2. The zero-order chi connectivity index (χ0) is 31.8. The lowest BCUT2D eigenvalue weighted by Crippen LogP contribution is -2.50. The molecule has 0 spiro atoms. The van der Waals surface area contributed by atoms with Crippen molar-refractivity contribution < 1.29 is 67.0 Å². The number of amides is 1. The number of alkyl halides is 9. The van der Waals surface area contributed by atoms with Gasteiger partial charge in [-0.2, -0.15) is 35.1 Å². The lowest BCUT2D eigenvalue weighted by molar-refractivity contribution is -0.348. The van der Waals surface area contributed by atoms with Gasteiger partial charge in [-0.3, -0.25) is 9.59 Å². The highest BCUT2D eigenvalue weighted by atomic mass is 19.4. The first-order valence-electron chi connectivity index (χ1n) is 11.3. The number of benzene rings is 3. The van der Waals surface area contributed by atoms with Gasteiger partial charge >= 0.3 is 24.6 Å². The van der Waals surface area contributed by atoms with Crippen molar-refractivity contribution in [3.63, 3.8) is 0 Å². The van der Waals surface area contributed by atoms with Crippen LogP contribution in [0.3, 0.4) is 0 Å². The molecule has 0 bridgehead atoms. The Kier molecular flexibility index (Phi) is 8.89. The summed E-state index contributed by atoms with van der Waals surface area (Å²) in [7, 11) is 0. The van der Waals surface area contributed by atoms with Gasteiger partial charge in [0.05, 0.1) is 16.8 Å². The first kappa shape index (κ1) is 32.3. The van der Waals surface area contributed by atoms with Crippen molar-refractivity contribution in [1.29, 1.82) is 0 Å². The second-order valence-corrected chi connectivity index (χ2v) is 8.65. The van der Waals surface area contributed by atoms with E-state index in [1.165, 1.54) is 0 Å². The zero-order valence-corrected chi connectivity index (χ0v) is 20.7. The van der Waals surface area contributed by atoms with E-state index in [1.54, 1.807) is 0 Å². The number of aryl methyl sites for hydroxylation is 1. The third-order valence-electron chi connectivity index (χ3n) is 5.89. The van der Waals surface area contributed by atoms with Crippen LogP contribution in [0.1, 0.15) is 37.4 Å². The Bertz CT molecular complexity index is 1500. The molecule has 16 heteroatoms. The van der Waals surface area contributed by atoms with Gasteiger partial charge < -0.3 is 10.1 Å². The molecule has 1 N–H and O–H groups in total. The fourth-order valence-electron chi connectivity index (χ4n) is 3.86. The summed E-state index contributed by atoms with van der Waals surface area (Å²) in [5.41, 5.74) is -11.9. The second-order valence-electron chi connectivity index (χ2n) is 8.65. The molecule has 0 fully saturated rings. The average molecular weight is 617 g/mol. The molecule has 0 saturated heterocycles. The van der Waals surface area contributed by atoms with E-state index in [1.807, 2.05) is 5.32 Å². The Labute approximate surface area is 227 Å². The summed E-state index contributed by atoms with van der Waals surface area (Å²) in [6, 6.07) is 4.37. The van der Waals surface area contributed by atoms with Crippen LogP contribution in [0, 0.1) is 24.4 Å². The largest absolute Gasteiger partial charge is 0.435 e. The van der Waals surface area contributed by atoms with Crippen molar-refractivity contribution in [2.45, 2.75) is 38.0 Å². The van der Waals surface area contributed by atoms with Crippen LogP contribution in [-0.2, 0) is 12.1 Å². The molecule has 0 radical (unpaired) electrons. The fourth-order valence-corrected chi connectivity index (χ4v) is 3.86. The lowest BCUT2D eigenvalue weighted by atomic mass is 9.89. The minimum atomic E-state index is -6.58. The molecule has 0 heterocycles. The first-order valence-corrected chi connectivity index (χ1v) is 11.3. The number of ether oxygens (including phenoxy) is 1. The maximum atomic E-state index is 15.1. The number of carbonyl (C=O) groups excluding carboxylic acids is 2. The summed E-state index contributed by atoms with van der Waals surface area (Å²) < 4.78 is 166. The fraction of sp³-hybridized carbons (Fsp3) is 0.231. The van der Waals surface area contributed by atoms with Crippen molar-refractivity contribution in [3.8, 4) is 5.75 Å². The molecule has 3 aromatic rings. The number of rotatable bonds is 8. The average Bonchev–Trinajstić information content (AvgIpc) is 2.84.